The second-order valence-electron chi connectivity index (χ2n) is 8.23. The Balaban J connectivity index is 1.64. The summed E-state index contributed by atoms with van der Waals surface area (Å²) in [4.78, 5) is 17.6. The largest absolute Gasteiger partial charge is 0.455 e. The van der Waals surface area contributed by atoms with E-state index in [0.717, 1.165) is 27.9 Å². The fraction of sp³-hybridized carbons (Fsp3) is 0.143. The smallest absolute Gasteiger partial charge is 0.227 e. The summed E-state index contributed by atoms with van der Waals surface area (Å²) in [6.07, 6.45) is 3.19. The first-order chi connectivity index (χ1) is 16.0. The van der Waals surface area contributed by atoms with Gasteiger partial charge in [-0.15, -0.1) is 0 Å². The predicted molar refractivity (Wildman–Crippen MR) is 131 cm³/mol. The minimum Gasteiger partial charge on any atom is -0.455 e. The number of oxazole rings is 1. The van der Waals surface area contributed by atoms with Gasteiger partial charge in [-0.1, -0.05) is 48.5 Å². The van der Waals surface area contributed by atoms with E-state index < -0.39 is 0 Å². The normalized spacial score (nSPS) is 12.1. The Morgan fingerprint density at radius 1 is 0.970 bits per heavy atom. The highest BCUT2D eigenvalue weighted by Crippen LogP contribution is 2.34. The number of nitrogens with zero attached hydrogens (tertiary/aromatic N) is 1. The summed E-state index contributed by atoms with van der Waals surface area (Å²) in [7, 11) is 0. The minimum atomic E-state index is -0.141. The molecule has 33 heavy (non-hydrogen) atoms. The van der Waals surface area contributed by atoms with Crippen LogP contribution in [0.4, 0.5) is 5.69 Å². The molecule has 0 amide bonds. The molecule has 2 aromatic heterocycles. The SMILES string of the molecule is Cc1cc(C(C)Nc2ccccc2-c2ncco2)c2oc(-c3ccccc3)c(C)c(=O)c2c1. The van der Waals surface area contributed by atoms with Gasteiger partial charge in [0.1, 0.15) is 17.6 Å². The quantitative estimate of drug-likeness (QED) is 0.324. The monoisotopic (exact) mass is 436 g/mol. The van der Waals surface area contributed by atoms with Crippen LogP contribution in [0.1, 0.15) is 29.7 Å². The van der Waals surface area contributed by atoms with Crippen molar-refractivity contribution in [2.24, 2.45) is 0 Å². The average Bonchev–Trinajstić information content (AvgIpc) is 3.37. The van der Waals surface area contributed by atoms with E-state index >= 15 is 0 Å². The van der Waals surface area contributed by atoms with Gasteiger partial charge in [0.25, 0.3) is 0 Å². The van der Waals surface area contributed by atoms with Crippen LogP contribution in [-0.2, 0) is 0 Å². The zero-order valence-corrected chi connectivity index (χ0v) is 18.8. The Morgan fingerprint density at radius 2 is 1.73 bits per heavy atom. The highest BCUT2D eigenvalue weighted by Gasteiger charge is 2.20. The van der Waals surface area contributed by atoms with Gasteiger partial charge in [-0.25, -0.2) is 4.98 Å². The standard InChI is InChI=1S/C28H24N2O3/c1-17-15-22(19(3)30-24-12-8-7-11-21(24)28-29-13-14-32-28)27-23(16-17)25(31)18(2)26(33-27)20-9-5-4-6-10-20/h4-16,19,30H,1-3H3. The summed E-state index contributed by atoms with van der Waals surface area (Å²) in [5.74, 6) is 1.15. The van der Waals surface area contributed by atoms with Crippen molar-refractivity contribution in [3.63, 3.8) is 0 Å². The Bertz CT molecular complexity index is 1490. The van der Waals surface area contributed by atoms with Crippen LogP contribution < -0.4 is 10.7 Å². The summed E-state index contributed by atoms with van der Waals surface area (Å²) >= 11 is 0. The lowest BCUT2D eigenvalue weighted by molar-refractivity contribution is 0.574. The number of hydrogen-bond acceptors (Lipinski definition) is 5. The molecule has 1 atom stereocenters. The van der Waals surface area contributed by atoms with Crippen LogP contribution in [0.2, 0.25) is 0 Å². The lowest BCUT2D eigenvalue weighted by Crippen LogP contribution is -2.12. The molecule has 5 nitrogen and oxygen atoms in total. The summed E-state index contributed by atoms with van der Waals surface area (Å²) in [5.41, 5.74) is 5.77. The van der Waals surface area contributed by atoms with E-state index in [9.17, 15) is 4.79 Å². The molecule has 2 heterocycles. The van der Waals surface area contributed by atoms with Crippen molar-refractivity contribution in [1.82, 2.24) is 4.98 Å². The lowest BCUT2D eigenvalue weighted by atomic mass is 9.98. The maximum Gasteiger partial charge on any atom is 0.227 e. The number of nitrogens with one attached hydrogen (secondary N) is 1. The highest BCUT2D eigenvalue weighted by atomic mass is 16.3. The predicted octanol–water partition coefficient (Wildman–Crippen LogP) is 6.90. The molecule has 0 bridgehead atoms. The third-order valence-corrected chi connectivity index (χ3v) is 5.86. The Labute approximate surface area is 191 Å². The van der Waals surface area contributed by atoms with Crippen molar-refractivity contribution in [1.29, 1.82) is 0 Å². The summed E-state index contributed by atoms with van der Waals surface area (Å²) < 4.78 is 12.0. The topological polar surface area (TPSA) is 68.3 Å². The number of anilines is 1. The van der Waals surface area contributed by atoms with Crippen LogP contribution in [-0.4, -0.2) is 4.98 Å². The van der Waals surface area contributed by atoms with Gasteiger partial charge in [0.05, 0.1) is 23.2 Å². The lowest BCUT2D eigenvalue weighted by Gasteiger charge is -2.20. The summed E-state index contributed by atoms with van der Waals surface area (Å²) in [6, 6.07) is 21.5. The Hall–Kier alpha value is -4.12. The first kappa shape index (κ1) is 20.8. The van der Waals surface area contributed by atoms with E-state index in [-0.39, 0.29) is 11.5 Å². The van der Waals surface area contributed by atoms with Crippen molar-refractivity contribution < 1.29 is 8.83 Å². The number of benzene rings is 3. The number of para-hydroxylation sites is 1. The van der Waals surface area contributed by atoms with Gasteiger partial charge in [0, 0.05) is 22.4 Å². The minimum absolute atomic E-state index is 0.00700. The first-order valence-electron chi connectivity index (χ1n) is 10.9. The van der Waals surface area contributed by atoms with E-state index in [2.05, 4.69) is 23.3 Å². The van der Waals surface area contributed by atoms with Crippen molar-refractivity contribution in [2.75, 3.05) is 5.32 Å². The maximum atomic E-state index is 13.3. The highest BCUT2D eigenvalue weighted by molar-refractivity contribution is 5.85. The molecule has 0 aliphatic carbocycles. The molecule has 0 aliphatic rings. The molecule has 0 saturated heterocycles. The number of aromatic nitrogens is 1. The molecule has 1 N–H and O–H groups in total. The summed E-state index contributed by atoms with van der Waals surface area (Å²) in [6.45, 7) is 5.88. The van der Waals surface area contributed by atoms with Gasteiger partial charge >= 0.3 is 0 Å². The zero-order valence-electron chi connectivity index (χ0n) is 18.8. The van der Waals surface area contributed by atoms with Crippen LogP contribution in [0, 0.1) is 13.8 Å². The first-order valence-corrected chi connectivity index (χ1v) is 10.9. The van der Waals surface area contributed by atoms with Crippen LogP contribution in [0.3, 0.4) is 0 Å². The molecule has 1 unspecified atom stereocenters. The van der Waals surface area contributed by atoms with Gasteiger partial charge in [0.2, 0.25) is 5.89 Å². The van der Waals surface area contributed by atoms with Crippen molar-refractivity contribution >= 4 is 16.7 Å². The van der Waals surface area contributed by atoms with E-state index in [0.29, 0.717) is 28.2 Å². The number of rotatable bonds is 5. The molecular formula is C28H24N2O3. The molecular weight excluding hydrogens is 412 g/mol. The fourth-order valence-electron chi connectivity index (χ4n) is 4.22. The molecule has 5 aromatic rings. The molecule has 5 rings (SSSR count). The van der Waals surface area contributed by atoms with Crippen LogP contribution >= 0.6 is 0 Å². The Kier molecular flexibility index (Phi) is 5.31. The molecule has 0 spiro atoms. The maximum absolute atomic E-state index is 13.3. The van der Waals surface area contributed by atoms with Gasteiger partial charge in [0.15, 0.2) is 5.43 Å². The van der Waals surface area contributed by atoms with Gasteiger partial charge < -0.3 is 14.2 Å². The Morgan fingerprint density at radius 3 is 2.48 bits per heavy atom. The molecule has 164 valence electrons. The van der Waals surface area contributed by atoms with E-state index in [1.807, 2.05) is 74.5 Å². The summed E-state index contributed by atoms with van der Waals surface area (Å²) in [5, 5.41) is 4.16. The molecule has 5 heteroatoms. The molecule has 0 radical (unpaired) electrons. The van der Waals surface area contributed by atoms with E-state index in [4.69, 9.17) is 8.83 Å². The average molecular weight is 437 g/mol. The van der Waals surface area contributed by atoms with Crippen molar-refractivity contribution in [2.45, 2.75) is 26.8 Å². The number of hydrogen-bond donors (Lipinski definition) is 1. The van der Waals surface area contributed by atoms with Crippen LogP contribution in [0.5, 0.6) is 0 Å². The fourth-order valence-corrected chi connectivity index (χ4v) is 4.22. The van der Waals surface area contributed by atoms with E-state index in [1.165, 1.54) is 0 Å². The number of fused-ring (bicyclic) bond motifs is 1. The van der Waals surface area contributed by atoms with Crippen LogP contribution in [0.15, 0.2) is 92.8 Å². The van der Waals surface area contributed by atoms with Crippen molar-refractivity contribution in [3.8, 4) is 22.8 Å². The third kappa shape index (κ3) is 3.82. The molecule has 0 fully saturated rings. The van der Waals surface area contributed by atoms with Gasteiger partial charge in [-0.2, -0.15) is 0 Å². The van der Waals surface area contributed by atoms with Crippen LogP contribution in [0.25, 0.3) is 33.7 Å². The van der Waals surface area contributed by atoms with E-state index in [1.54, 1.807) is 12.5 Å². The second-order valence-corrected chi connectivity index (χ2v) is 8.23. The third-order valence-electron chi connectivity index (χ3n) is 5.86. The van der Waals surface area contributed by atoms with Crippen molar-refractivity contribution in [3.05, 3.63) is 106 Å². The zero-order chi connectivity index (χ0) is 22.9. The molecule has 3 aromatic carbocycles. The van der Waals surface area contributed by atoms with Gasteiger partial charge in [-0.05, 0) is 44.5 Å². The second kappa shape index (κ2) is 8.43. The van der Waals surface area contributed by atoms with Gasteiger partial charge in [-0.3, -0.25) is 4.79 Å². The molecule has 0 aliphatic heterocycles. The molecule has 0 saturated carbocycles. The number of aryl methyl sites for hydroxylation is 1.